The van der Waals surface area contributed by atoms with Gasteiger partial charge in [-0.2, -0.15) is 21.6 Å². The van der Waals surface area contributed by atoms with E-state index in [-0.39, 0.29) is 25.8 Å². The minimum Gasteiger partial charge on any atom is -0.319 e. The number of nitriles is 2. The van der Waals surface area contributed by atoms with E-state index >= 15 is 0 Å². The Morgan fingerprint density at radius 2 is 1.50 bits per heavy atom. The second kappa shape index (κ2) is 31.0. The molecule has 0 aliphatic rings. The van der Waals surface area contributed by atoms with Crippen LogP contribution >= 0.6 is 11.1 Å². The second-order valence-electron chi connectivity index (χ2n) is 5.41. The van der Waals surface area contributed by atoms with Gasteiger partial charge in [-0.3, -0.25) is 4.70 Å². The Bertz CT molecular complexity index is 306. The summed E-state index contributed by atoms with van der Waals surface area (Å²) in [6.07, 6.45) is 3.26. The van der Waals surface area contributed by atoms with Crippen LogP contribution in [0.25, 0.3) is 0 Å². The van der Waals surface area contributed by atoms with Gasteiger partial charge in [-0.05, 0) is 38.7 Å². The van der Waals surface area contributed by atoms with Crippen LogP contribution in [-0.2, 0) is 21.1 Å². The number of hydrogen-bond acceptors (Lipinski definition) is 2. The van der Waals surface area contributed by atoms with Crippen molar-refractivity contribution in [3.05, 3.63) is 12.7 Å². The summed E-state index contributed by atoms with van der Waals surface area (Å²) in [6.45, 7) is 14.1. The fourth-order valence-electron chi connectivity index (χ4n) is 0.652. The second-order valence-corrected chi connectivity index (χ2v) is 16.0. The SMILES string of the molecule is C=CCC#N.C[SiH](C)Cl.C[SiH](C)F.C[Si](C)(F)CCCC#N.F.[Pt]. The smallest absolute Gasteiger partial charge is 0.241 e. The van der Waals surface area contributed by atoms with Crippen molar-refractivity contribution >= 4 is 36.7 Å². The summed E-state index contributed by atoms with van der Waals surface area (Å²) < 4.78 is 23.9. The van der Waals surface area contributed by atoms with Gasteiger partial charge in [0.2, 0.25) is 17.5 Å². The van der Waals surface area contributed by atoms with Crippen molar-refractivity contribution in [3.8, 4) is 12.1 Å². The van der Waals surface area contributed by atoms with E-state index < -0.39 is 25.6 Å². The topological polar surface area (TPSA) is 47.6 Å². The quantitative estimate of drug-likeness (QED) is 0.176. The van der Waals surface area contributed by atoms with E-state index in [1.807, 2.05) is 12.1 Å². The fourth-order valence-corrected chi connectivity index (χ4v) is 1.67. The zero-order valence-electron chi connectivity index (χ0n) is 15.5. The molecule has 0 aliphatic carbocycles. The molecule has 0 fully saturated rings. The molecule has 0 atom stereocenters. The van der Waals surface area contributed by atoms with Crippen molar-refractivity contribution in [1.82, 2.24) is 0 Å². The van der Waals surface area contributed by atoms with Crippen molar-refractivity contribution in [1.29, 1.82) is 10.5 Å². The first-order valence-corrected chi connectivity index (χ1v) is 17.1. The van der Waals surface area contributed by atoms with Crippen LogP contribution in [0.2, 0.25) is 45.3 Å². The van der Waals surface area contributed by atoms with E-state index in [2.05, 4.69) is 19.7 Å². The van der Waals surface area contributed by atoms with Gasteiger partial charge in [-0.1, -0.05) is 19.2 Å². The van der Waals surface area contributed by atoms with Crippen LogP contribution in [0.1, 0.15) is 19.3 Å². The Labute approximate surface area is 170 Å². The van der Waals surface area contributed by atoms with Gasteiger partial charge in [0, 0.05) is 27.5 Å². The van der Waals surface area contributed by atoms with Gasteiger partial charge in [0.1, 0.15) is 8.11 Å². The number of rotatable bonds is 4. The molecule has 0 bridgehead atoms. The van der Waals surface area contributed by atoms with E-state index in [0.29, 0.717) is 18.9 Å². The fraction of sp³-hybridized carbons (Fsp3) is 0.714. The van der Waals surface area contributed by atoms with E-state index in [4.69, 9.17) is 21.6 Å². The molecule has 0 aromatic rings. The molecule has 0 rings (SSSR count). The Kier molecular flexibility index (Phi) is 50.7. The summed E-state index contributed by atoms with van der Waals surface area (Å²) in [6, 6.07) is 4.52. The molecule has 0 saturated heterocycles. The molecule has 10 heteroatoms. The third-order valence-electron chi connectivity index (χ3n) is 1.30. The summed E-state index contributed by atoms with van der Waals surface area (Å²) in [4.78, 5) is 0. The van der Waals surface area contributed by atoms with E-state index in [9.17, 15) is 8.22 Å². The summed E-state index contributed by atoms with van der Waals surface area (Å²) in [7, 11) is -4.65. The van der Waals surface area contributed by atoms with Crippen molar-refractivity contribution in [2.75, 3.05) is 0 Å². The molecular weight excluding hydrogens is 568 g/mol. The number of unbranched alkanes of at least 4 members (excludes halogenated alkanes) is 1. The summed E-state index contributed by atoms with van der Waals surface area (Å²) >= 11 is 5.41. The first-order chi connectivity index (χ1) is 9.94. The molecule has 0 heterocycles. The van der Waals surface area contributed by atoms with Crippen LogP contribution in [-0.4, -0.2) is 25.6 Å². The molecule has 0 radical (unpaired) electrons. The minimum atomic E-state index is -2.35. The molecule has 0 unspecified atom stereocenters. The van der Waals surface area contributed by atoms with Gasteiger partial charge in [0.15, 0.2) is 0 Å². The van der Waals surface area contributed by atoms with Crippen LogP contribution in [0.5, 0.6) is 0 Å². The first-order valence-electron chi connectivity index (χ1n) is 7.26. The minimum absolute atomic E-state index is 0. The van der Waals surface area contributed by atoms with E-state index in [1.54, 1.807) is 32.3 Å². The summed E-state index contributed by atoms with van der Waals surface area (Å²) in [5, 5.41) is 15.9. The maximum atomic E-state index is 12.7. The molecule has 0 spiro atoms. The molecular formula is C14H32ClF3N2PtSi3. The largest absolute Gasteiger partial charge is 0.319 e. The molecule has 24 heavy (non-hydrogen) atoms. The molecule has 2 nitrogen and oxygen atoms in total. The van der Waals surface area contributed by atoms with Gasteiger partial charge in [0.05, 0.1) is 18.6 Å². The molecule has 0 aromatic carbocycles. The van der Waals surface area contributed by atoms with Crippen LogP contribution in [0.15, 0.2) is 12.7 Å². The Hall–Kier alpha value is 0.139. The van der Waals surface area contributed by atoms with E-state index in [0.717, 1.165) is 6.42 Å². The maximum Gasteiger partial charge on any atom is 0.241 e. The van der Waals surface area contributed by atoms with Crippen LogP contribution in [0, 0.1) is 22.7 Å². The van der Waals surface area contributed by atoms with Crippen molar-refractivity contribution in [3.63, 3.8) is 0 Å². The molecule has 0 saturated carbocycles. The average molecular weight is 600 g/mol. The molecule has 0 aliphatic heterocycles. The predicted molar refractivity (Wildman–Crippen MR) is 106 cm³/mol. The van der Waals surface area contributed by atoms with Crippen molar-refractivity contribution in [2.24, 2.45) is 0 Å². The standard InChI is InChI=1S/C6H12FNSi.C4H5N.C2H7ClSi.C2H7FSi.FH.Pt/c1-9(2,7)6-4-3-5-8;1-2-3-4-5;2*1-4(2)3;;/h3-4,6H2,1-2H3;2H,1,3H2;2*4H,1-2H3;1H;. The third-order valence-corrected chi connectivity index (χ3v) is 2.84. The predicted octanol–water partition coefficient (Wildman–Crippen LogP) is 5.85. The summed E-state index contributed by atoms with van der Waals surface area (Å²) in [5.41, 5.74) is 0. The maximum absolute atomic E-state index is 12.7. The van der Waals surface area contributed by atoms with Crippen LogP contribution < -0.4 is 0 Å². The first kappa shape index (κ1) is 39.3. The van der Waals surface area contributed by atoms with Crippen LogP contribution in [0.3, 0.4) is 0 Å². The van der Waals surface area contributed by atoms with Gasteiger partial charge in [0.25, 0.3) is 0 Å². The van der Waals surface area contributed by atoms with Crippen LogP contribution in [0.4, 0.5) is 12.9 Å². The van der Waals surface area contributed by atoms with Crippen molar-refractivity contribution < 1.29 is 34.0 Å². The molecule has 0 N–H and O–H groups in total. The Morgan fingerprint density at radius 1 is 1.17 bits per heavy atom. The molecule has 0 amide bonds. The third kappa shape index (κ3) is 149. The molecule has 0 aromatic heterocycles. The molecule has 148 valence electrons. The normalized spacial score (nSPS) is 8.21. The Morgan fingerprint density at radius 3 is 1.62 bits per heavy atom. The zero-order chi connectivity index (χ0) is 18.6. The van der Waals surface area contributed by atoms with Gasteiger partial charge >= 0.3 is 0 Å². The monoisotopic (exact) mass is 599 g/mol. The van der Waals surface area contributed by atoms with Gasteiger partial charge < -0.3 is 8.22 Å². The Balaban J connectivity index is -0.0000000470. The van der Waals surface area contributed by atoms with Gasteiger partial charge in [-0.25, -0.2) is 0 Å². The summed E-state index contributed by atoms with van der Waals surface area (Å²) in [5.74, 6) is 0. The van der Waals surface area contributed by atoms with Gasteiger partial charge in [-0.15, -0.1) is 6.58 Å². The number of nitrogens with zero attached hydrogens (tertiary/aromatic N) is 2. The number of allylic oxidation sites excluding steroid dienone is 1. The zero-order valence-corrected chi connectivity index (χ0v) is 21.9. The number of hydrogen-bond donors (Lipinski definition) is 0. The average Bonchev–Trinajstić information content (AvgIpc) is 2.28. The van der Waals surface area contributed by atoms with Crippen molar-refractivity contribution in [2.45, 2.75) is 64.6 Å². The van der Waals surface area contributed by atoms with E-state index in [1.165, 1.54) is 0 Å². The number of halogens is 4.